The molecule has 218 valence electrons. The molecule has 3 aromatic heterocycles. The summed E-state index contributed by atoms with van der Waals surface area (Å²) in [5.74, 6) is -0.996. The van der Waals surface area contributed by atoms with Crippen molar-refractivity contribution in [2.75, 3.05) is 40.9 Å². The van der Waals surface area contributed by atoms with Crippen LogP contribution in [0.5, 0.6) is 5.75 Å². The number of amides is 2. The SMILES string of the molecule is CNC(=O)COCc1cnc(-c2ncc(OC)c3c(C(=O)C(=O)N4CCC(=C(NC)c5ccccc5)CC4)c[nH]c23)s1. The van der Waals surface area contributed by atoms with Gasteiger partial charge in [-0.1, -0.05) is 30.3 Å². The number of aromatic nitrogens is 3. The molecule has 12 heteroatoms. The number of piperidine rings is 1. The van der Waals surface area contributed by atoms with Crippen molar-refractivity contribution in [1.82, 2.24) is 30.5 Å². The average Bonchev–Trinajstić information content (AvgIpc) is 3.69. The lowest BCUT2D eigenvalue weighted by Crippen LogP contribution is -2.41. The number of rotatable bonds is 10. The summed E-state index contributed by atoms with van der Waals surface area (Å²) in [5.41, 5.74) is 4.69. The van der Waals surface area contributed by atoms with Gasteiger partial charge < -0.3 is 30.0 Å². The van der Waals surface area contributed by atoms with Crippen molar-refractivity contribution in [3.63, 3.8) is 0 Å². The average molecular weight is 589 g/mol. The minimum atomic E-state index is -0.608. The van der Waals surface area contributed by atoms with Gasteiger partial charge in [-0.05, 0) is 24.0 Å². The van der Waals surface area contributed by atoms with Crippen LogP contribution < -0.4 is 15.4 Å². The number of carbonyl (C=O) groups is 3. The summed E-state index contributed by atoms with van der Waals surface area (Å²) in [4.78, 5) is 52.9. The first-order chi connectivity index (χ1) is 20.4. The Kier molecular flexibility index (Phi) is 8.94. The molecule has 1 aliphatic heterocycles. The number of aromatic amines is 1. The van der Waals surface area contributed by atoms with E-state index in [0.717, 1.165) is 16.1 Å². The molecule has 1 fully saturated rings. The Hall–Kier alpha value is -4.55. The van der Waals surface area contributed by atoms with Crippen LogP contribution in [-0.4, -0.2) is 78.4 Å². The number of methoxy groups -OCH3 is 1. The minimum Gasteiger partial charge on any atom is -0.494 e. The lowest BCUT2D eigenvalue weighted by molar-refractivity contribution is -0.127. The third kappa shape index (κ3) is 5.90. The monoisotopic (exact) mass is 588 g/mol. The fourth-order valence-corrected chi connectivity index (χ4v) is 5.89. The number of ether oxygens (including phenoxy) is 2. The van der Waals surface area contributed by atoms with Crippen molar-refractivity contribution in [2.24, 2.45) is 0 Å². The molecule has 4 heterocycles. The first-order valence-electron chi connectivity index (χ1n) is 13.5. The molecule has 0 radical (unpaired) electrons. The fraction of sp³-hybridized carbons (Fsp3) is 0.300. The molecule has 42 heavy (non-hydrogen) atoms. The minimum absolute atomic E-state index is 0.0524. The zero-order valence-corrected chi connectivity index (χ0v) is 24.5. The number of carbonyl (C=O) groups excluding carboxylic acids is 3. The standard InChI is InChI=1S/C30H32N6O5S/c1-31-23(37)17-41-16-20-13-35-29(42-20)27-26-24(22(40-3)15-34-27)21(14-33-26)28(38)30(39)36-11-9-19(10-12-36)25(32-2)18-7-5-4-6-8-18/h4-8,13-15,32-33H,9-12,16-17H2,1-3H3,(H,31,37). The predicted molar refractivity (Wildman–Crippen MR) is 160 cm³/mol. The zero-order valence-electron chi connectivity index (χ0n) is 23.7. The summed E-state index contributed by atoms with van der Waals surface area (Å²) < 4.78 is 11.0. The van der Waals surface area contributed by atoms with Crippen molar-refractivity contribution in [3.05, 3.63) is 70.5 Å². The Morgan fingerprint density at radius 2 is 1.81 bits per heavy atom. The molecule has 4 aromatic rings. The summed E-state index contributed by atoms with van der Waals surface area (Å²) in [6.45, 7) is 1.08. The van der Waals surface area contributed by atoms with Crippen LogP contribution in [0.15, 0.2) is 54.5 Å². The number of nitrogens with zero attached hydrogens (tertiary/aromatic N) is 3. The van der Waals surface area contributed by atoms with E-state index in [0.29, 0.717) is 53.3 Å². The van der Waals surface area contributed by atoms with Gasteiger partial charge in [0.25, 0.3) is 11.7 Å². The molecule has 5 rings (SSSR count). The van der Waals surface area contributed by atoms with Gasteiger partial charge in [0.2, 0.25) is 5.91 Å². The summed E-state index contributed by atoms with van der Waals surface area (Å²) in [5, 5.41) is 6.89. The molecule has 11 nitrogen and oxygen atoms in total. The highest BCUT2D eigenvalue weighted by Crippen LogP contribution is 2.36. The van der Waals surface area contributed by atoms with Gasteiger partial charge in [0.15, 0.2) is 0 Å². The third-order valence-electron chi connectivity index (χ3n) is 7.17. The normalized spacial score (nSPS) is 13.2. The van der Waals surface area contributed by atoms with E-state index in [1.54, 1.807) is 18.1 Å². The van der Waals surface area contributed by atoms with Gasteiger partial charge in [0.05, 0.1) is 41.3 Å². The number of benzene rings is 1. The van der Waals surface area contributed by atoms with Crippen LogP contribution in [0.3, 0.4) is 0 Å². The molecular formula is C30H32N6O5S. The molecule has 0 unspecified atom stereocenters. The number of nitrogens with one attached hydrogen (secondary N) is 3. The number of likely N-dealkylation sites (N-methyl/N-ethyl adjacent to an activating group) is 1. The lowest BCUT2D eigenvalue weighted by Gasteiger charge is -2.29. The number of pyridine rings is 1. The van der Waals surface area contributed by atoms with Crippen LogP contribution in [0.25, 0.3) is 27.3 Å². The first kappa shape index (κ1) is 29.0. The predicted octanol–water partition coefficient (Wildman–Crippen LogP) is 3.39. The molecule has 1 aromatic carbocycles. The Morgan fingerprint density at radius 1 is 1.05 bits per heavy atom. The molecule has 2 amide bonds. The second-order valence-corrected chi connectivity index (χ2v) is 10.8. The smallest absolute Gasteiger partial charge is 0.295 e. The van der Waals surface area contributed by atoms with Crippen molar-refractivity contribution in [3.8, 4) is 16.5 Å². The van der Waals surface area contributed by atoms with E-state index in [1.165, 1.54) is 36.4 Å². The third-order valence-corrected chi connectivity index (χ3v) is 8.14. The van der Waals surface area contributed by atoms with Gasteiger partial charge in [-0.15, -0.1) is 11.3 Å². The van der Waals surface area contributed by atoms with E-state index in [9.17, 15) is 14.4 Å². The molecule has 0 saturated carbocycles. The Morgan fingerprint density at radius 3 is 2.50 bits per heavy atom. The quantitative estimate of drug-likeness (QED) is 0.189. The van der Waals surface area contributed by atoms with Gasteiger partial charge >= 0.3 is 0 Å². The van der Waals surface area contributed by atoms with Crippen LogP contribution in [0, 0.1) is 0 Å². The van der Waals surface area contributed by atoms with Gasteiger partial charge in [-0.2, -0.15) is 0 Å². The maximum absolute atomic E-state index is 13.6. The fourth-order valence-electron chi connectivity index (χ4n) is 5.03. The summed E-state index contributed by atoms with van der Waals surface area (Å²) in [6, 6.07) is 10.1. The second kappa shape index (κ2) is 13.0. The molecular weight excluding hydrogens is 556 g/mol. The Bertz CT molecular complexity index is 1630. The molecule has 0 bridgehead atoms. The van der Waals surface area contributed by atoms with Gasteiger partial charge in [-0.25, -0.2) is 9.97 Å². The van der Waals surface area contributed by atoms with E-state index in [4.69, 9.17) is 9.47 Å². The topological polar surface area (TPSA) is 139 Å². The highest BCUT2D eigenvalue weighted by Gasteiger charge is 2.30. The number of Topliss-reactive ketones (excluding diaryl/α,β-unsaturated/α-hetero) is 1. The van der Waals surface area contributed by atoms with Gasteiger partial charge in [0.1, 0.15) is 23.1 Å². The van der Waals surface area contributed by atoms with Crippen molar-refractivity contribution in [1.29, 1.82) is 0 Å². The highest BCUT2D eigenvalue weighted by atomic mass is 32.1. The van der Waals surface area contributed by atoms with Crippen molar-refractivity contribution in [2.45, 2.75) is 19.4 Å². The maximum Gasteiger partial charge on any atom is 0.295 e. The molecule has 0 aliphatic carbocycles. The number of hydrogen-bond donors (Lipinski definition) is 3. The zero-order chi connectivity index (χ0) is 29.6. The van der Waals surface area contributed by atoms with E-state index in [1.807, 2.05) is 25.2 Å². The summed E-state index contributed by atoms with van der Waals surface area (Å²) >= 11 is 1.36. The number of hydrogen-bond acceptors (Lipinski definition) is 9. The molecule has 0 atom stereocenters. The van der Waals surface area contributed by atoms with Crippen LogP contribution in [0.4, 0.5) is 0 Å². The van der Waals surface area contributed by atoms with Crippen LogP contribution in [0.2, 0.25) is 0 Å². The van der Waals surface area contributed by atoms with E-state index >= 15 is 0 Å². The molecule has 1 saturated heterocycles. The molecule has 1 aliphatic rings. The van der Waals surface area contributed by atoms with Crippen LogP contribution >= 0.6 is 11.3 Å². The number of H-pyrrole nitrogens is 1. The van der Waals surface area contributed by atoms with E-state index in [-0.39, 0.29) is 24.7 Å². The highest BCUT2D eigenvalue weighted by molar-refractivity contribution is 7.15. The Labute approximate surface area is 247 Å². The van der Waals surface area contributed by atoms with Crippen molar-refractivity contribution < 1.29 is 23.9 Å². The number of fused-ring (bicyclic) bond motifs is 1. The number of likely N-dealkylation sites (tertiary alicyclic amines) is 1. The maximum atomic E-state index is 13.6. The van der Waals surface area contributed by atoms with Gasteiger partial charge in [0, 0.05) is 45.3 Å². The van der Waals surface area contributed by atoms with Crippen LogP contribution in [0.1, 0.15) is 33.6 Å². The molecule has 3 N–H and O–H groups in total. The Balaban J connectivity index is 1.35. The second-order valence-electron chi connectivity index (χ2n) is 9.64. The largest absolute Gasteiger partial charge is 0.494 e. The lowest BCUT2D eigenvalue weighted by atomic mass is 9.97. The first-order valence-corrected chi connectivity index (χ1v) is 14.3. The van der Waals surface area contributed by atoms with E-state index in [2.05, 4.69) is 37.7 Å². The van der Waals surface area contributed by atoms with E-state index < -0.39 is 11.7 Å². The summed E-state index contributed by atoms with van der Waals surface area (Å²) in [7, 11) is 4.94. The number of thiazole rings is 1. The number of ketones is 1. The summed E-state index contributed by atoms with van der Waals surface area (Å²) in [6.07, 6.45) is 6.07. The van der Waals surface area contributed by atoms with Crippen molar-refractivity contribution >= 4 is 45.5 Å². The van der Waals surface area contributed by atoms with Gasteiger partial charge in [-0.3, -0.25) is 14.4 Å². The van der Waals surface area contributed by atoms with Crippen LogP contribution in [-0.2, 0) is 20.9 Å². The molecule has 0 spiro atoms.